The predicted octanol–water partition coefficient (Wildman–Crippen LogP) is 18.7. The van der Waals surface area contributed by atoms with Crippen LogP contribution in [0.5, 0.6) is 0 Å². The maximum Gasteiger partial charge on any atom is 0.306 e. The van der Waals surface area contributed by atoms with Gasteiger partial charge < -0.3 is 14.2 Å². The molecular weight excluding hydrogens is 805 g/mol. The van der Waals surface area contributed by atoms with Gasteiger partial charge in [0.1, 0.15) is 13.2 Å². The van der Waals surface area contributed by atoms with Crippen LogP contribution in [-0.2, 0) is 28.6 Å². The zero-order valence-electron chi connectivity index (χ0n) is 43.3. The zero-order chi connectivity index (χ0) is 47.2. The minimum atomic E-state index is -0.760. The molecule has 1 atom stereocenters. The Hall–Kier alpha value is -2.63. The van der Waals surface area contributed by atoms with Crippen LogP contribution in [0.4, 0.5) is 0 Å². The molecule has 0 aliphatic carbocycles. The van der Waals surface area contributed by atoms with Crippen LogP contribution in [0, 0.1) is 0 Å². The summed E-state index contributed by atoms with van der Waals surface area (Å²) >= 11 is 0. The van der Waals surface area contributed by atoms with E-state index in [1.807, 2.05) is 0 Å². The molecule has 0 aliphatic rings. The Morgan fingerprint density at radius 3 is 0.938 bits per heavy atom. The van der Waals surface area contributed by atoms with Crippen molar-refractivity contribution in [3.63, 3.8) is 0 Å². The van der Waals surface area contributed by atoms with Gasteiger partial charge >= 0.3 is 17.9 Å². The van der Waals surface area contributed by atoms with Gasteiger partial charge in [-0.15, -0.1) is 0 Å². The van der Waals surface area contributed by atoms with Crippen LogP contribution < -0.4 is 0 Å². The van der Waals surface area contributed by atoms with Crippen molar-refractivity contribution < 1.29 is 28.6 Å². The van der Waals surface area contributed by atoms with E-state index in [0.717, 1.165) is 83.5 Å². The lowest BCUT2D eigenvalue weighted by atomic mass is 10.0. The van der Waals surface area contributed by atoms with Crippen LogP contribution in [0.2, 0.25) is 0 Å². The van der Waals surface area contributed by atoms with Gasteiger partial charge in [0.15, 0.2) is 6.10 Å². The number of hydrogen-bond donors (Lipinski definition) is 0. The largest absolute Gasteiger partial charge is 0.462 e. The molecule has 0 heterocycles. The van der Waals surface area contributed by atoms with E-state index in [1.165, 1.54) is 167 Å². The van der Waals surface area contributed by atoms with E-state index >= 15 is 0 Å². The van der Waals surface area contributed by atoms with Crippen molar-refractivity contribution in [1.82, 2.24) is 0 Å². The highest BCUT2D eigenvalue weighted by atomic mass is 16.6. The molecule has 0 N–H and O–H groups in total. The molecule has 0 spiro atoms. The highest BCUT2D eigenvalue weighted by molar-refractivity contribution is 5.71. The fourth-order valence-corrected chi connectivity index (χ4v) is 8.14. The molecule has 0 bridgehead atoms. The van der Waals surface area contributed by atoms with E-state index in [-0.39, 0.29) is 31.1 Å². The normalized spacial score (nSPS) is 12.4. The summed E-state index contributed by atoms with van der Waals surface area (Å²) in [5.74, 6) is -0.879. The van der Waals surface area contributed by atoms with E-state index in [4.69, 9.17) is 14.2 Å². The van der Waals surface area contributed by atoms with E-state index in [0.29, 0.717) is 19.3 Å². The molecule has 0 radical (unpaired) electrons. The van der Waals surface area contributed by atoms with Gasteiger partial charge in [-0.1, -0.05) is 262 Å². The topological polar surface area (TPSA) is 78.9 Å². The van der Waals surface area contributed by atoms with E-state index in [9.17, 15) is 14.4 Å². The van der Waals surface area contributed by atoms with Crippen molar-refractivity contribution in [2.75, 3.05) is 13.2 Å². The van der Waals surface area contributed by atoms with Crippen molar-refractivity contribution >= 4 is 17.9 Å². The Balaban J connectivity index is 3.73. The fourth-order valence-electron chi connectivity index (χ4n) is 8.14. The standard InChI is InChI=1S/C59H106O6/c1-4-7-10-13-16-17-18-19-20-21-22-23-24-25-26-27-28-29-30-31-32-33-34-35-36-37-38-39-40-41-42-43-44-47-49-52-58(61)64-55-56(65-59(62)53-50-46-15-12-9-6-3)54-63-57(60)51-48-45-14-11-8-5-2/h7,10,16-17,19-20,22-23,56H,4-6,8-9,11-15,18,21,24-55H2,1-3H3/b10-7-,17-16-,20-19-,23-22-. The average molecular weight is 911 g/mol. The average Bonchev–Trinajstić information content (AvgIpc) is 3.30. The summed E-state index contributed by atoms with van der Waals surface area (Å²) in [5.41, 5.74) is 0. The lowest BCUT2D eigenvalue weighted by molar-refractivity contribution is -0.167. The lowest BCUT2D eigenvalue weighted by Gasteiger charge is -2.18. The third-order valence-corrected chi connectivity index (χ3v) is 12.3. The Morgan fingerprint density at radius 2 is 0.600 bits per heavy atom. The van der Waals surface area contributed by atoms with Gasteiger partial charge in [-0.3, -0.25) is 14.4 Å². The van der Waals surface area contributed by atoms with Crippen LogP contribution in [0.15, 0.2) is 48.6 Å². The number of rotatable bonds is 51. The summed E-state index contributed by atoms with van der Waals surface area (Å²) in [7, 11) is 0. The highest BCUT2D eigenvalue weighted by Crippen LogP contribution is 2.17. The van der Waals surface area contributed by atoms with Crippen molar-refractivity contribution in [2.45, 2.75) is 297 Å². The molecule has 0 aromatic heterocycles. The number of allylic oxidation sites excluding steroid dienone is 8. The number of ether oxygens (including phenoxy) is 3. The Bertz CT molecular complexity index is 1140. The molecule has 0 aromatic carbocycles. The summed E-state index contributed by atoms with van der Waals surface area (Å²) in [6.07, 6.45) is 66.3. The Labute approximate surface area is 403 Å². The molecule has 378 valence electrons. The summed E-state index contributed by atoms with van der Waals surface area (Å²) in [6, 6.07) is 0. The third-order valence-electron chi connectivity index (χ3n) is 12.3. The molecule has 1 unspecified atom stereocenters. The molecule has 65 heavy (non-hydrogen) atoms. The third kappa shape index (κ3) is 52.2. The maximum atomic E-state index is 12.6. The first-order valence-electron chi connectivity index (χ1n) is 28.1. The fraction of sp³-hybridized carbons (Fsp3) is 0.814. The van der Waals surface area contributed by atoms with Gasteiger partial charge in [0.05, 0.1) is 0 Å². The van der Waals surface area contributed by atoms with Crippen molar-refractivity contribution in [1.29, 1.82) is 0 Å². The van der Waals surface area contributed by atoms with Gasteiger partial charge in [-0.2, -0.15) is 0 Å². The van der Waals surface area contributed by atoms with E-state index in [2.05, 4.69) is 69.4 Å². The molecule has 6 heteroatoms. The van der Waals surface area contributed by atoms with Gasteiger partial charge in [0.25, 0.3) is 0 Å². The number of carbonyl (C=O) groups excluding carboxylic acids is 3. The molecule has 0 rings (SSSR count). The summed E-state index contributed by atoms with van der Waals surface area (Å²) < 4.78 is 16.6. The second-order valence-electron chi connectivity index (χ2n) is 18.8. The van der Waals surface area contributed by atoms with Crippen LogP contribution in [0.25, 0.3) is 0 Å². The molecule has 0 fully saturated rings. The second-order valence-corrected chi connectivity index (χ2v) is 18.8. The molecule has 6 nitrogen and oxygen atoms in total. The number of hydrogen-bond acceptors (Lipinski definition) is 6. The van der Waals surface area contributed by atoms with Crippen molar-refractivity contribution in [3.8, 4) is 0 Å². The van der Waals surface area contributed by atoms with E-state index in [1.54, 1.807) is 0 Å². The van der Waals surface area contributed by atoms with Gasteiger partial charge in [-0.05, 0) is 57.8 Å². The summed E-state index contributed by atoms with van der Waals surface area (Å²) in [4.78, 5) is 37.4. The number of unbranched alkanes of at least 4 members (excludes halogenated alkanes) is 32. The molecule has 0 saturated carbocycles. The van der Waals surface area contributed by atoms with Crippen LogP contribution in [0.3, 0.4) is 0 Å². The summed E-state index contributed by atoms with van der Waals surface area (Å²) in [6.45, 7) is 6.42. The summed E-state index contributed by atoms with van der Waals surface area (Å²) in [5, 5.41) is 0. The van der Waals surface area contributed by atoms with Crippen molar-refractivity contribution in [2.24, 2.45) is 0 Å². The maximum absolute atomic E-state index is 12.6. The first-order valence-corrected chi connectivity index (χ1v) is 28.1. The SMILES string of the molecule is CC/C=C\C/C=C\C/C=C\C/C=C\CCCCCCCCCCCCCCCCCCCCCCCCC(=O)OCC(COC(=O)CCCCCCCC)OC(=O)CCCCCCCC. The first kappa shape index (κ1) is 62.4. The Morgan fingerprint density at radius 1 is 0.323 bits per heavy atom. The molecule has 0 aliphatic heterocycles. The number of carbonyl (C=O) groups is 3. The first-order chi connectivity index (χ1) is 32.0. The minimum Gasteiger partial charge on any atom is -0.462 e. The minimum absolute atomic E-state index is 0.0682. The van der Waals surface area contributed by atoms with Gasteiger partial charge in [0.2, 0.25) is 0 Å². The van der Waals surface area contributed by atoms with E-state index < -0.39 is 6.10 Å². The second kappa shape index (κ2) is 54.0. The highest BCUT2D eigenvalue weighted by Gasteiger charge is 2.19. The Kier molecular flexibility index (Phi) is 51.8. The molecule has 0 saturated heterocycles. The van der Waals surface area contributed by atoms with Crippen LogP contribution in [0.1, 0.15) is 290 Å². The quantitative estimate of drug-likeness (QED) is 0.0262. The molecule has 0 amide bonds. The monoisotopic (exact) mass is 911 g/mol. The van der Waals surface area contributed by atoms with Crippen molar-refractivity contribution in [3.05, 3.63) is 48.6 Å². The molecule has 0 aromatic rings. The zero-order valence-corrected chi connectivity index (χ0v) is 43.3. The molecular formula is C59H106O6. The van der Waals surface area contributed by atoms with Gasteiger partial charge in [0, 0.05) is 19.3 Å². The lowest BCUT2D eigenvalue weighted by Crippen LogP contribution is -2.30. The smallest absolute Gasteiger partial charge is 0.306 e. The predicted molar refractivity (Wildman–Crippen MR) is 279 cm³/mol. The van der Waals surface area contributed by atoms with Crippen LogP contribution in [-0.4, -0.2) is 37.2 Å². The van der Waals surface area contributed by atoms with Crippen LogP contribution >= 0.6 is 0 Å². The van der Waals surface area contributed by atoms with Gasteiger partial charge in [-0.25, -0.2) is 0 Å². The number of esters is 3.